The summed E-state index contributed by atoms with van der Waals surface area (Å²) in [5, 5.41) is 0. The molecule has 158 valence electrons. The summed E-state index contributed by atoms with van der Waals surface area (Å²) in [6.45, 7) is 5.67. The second-order valence-corrected chi connectivity index (χ2v) is 7.63. The van der Waals surface area contributed by atoms with E-state index in [1.54, 1.807) is 36.5 Å². The summed E-state index contributed by atoms with van der Waals surface area (Å²) < 4.78 is 8.27. The summed E-state index contributed by atoms with van der Waals surface area (Å²) in [5.41, 5.74) is 4.80. The van der Waals surface area contributed by atoms with Crippen LogP contribution < -0.4 is 4.74 Å². The maximum absolute atomic E-state index is 12.8. The number of ether oxygens (including phenoxy) is 1. The standard InChI is InChI=1S/C25H26N4O2/c1-18-7-6-8-19(2)24(18)31-16-15-29-22-10-5-4-9-21(22)27-23(29)17-28(3)25(30)20-11-13-26-14-12-20/h4-14H,15-17H2,1-3H3. The SMILES string of the molecule is Cc1cccc(C)c1OCCn1c(CN(C)C(=O)c2ccncc2)nc2ccccc21. The van der Waals surface area contributed by atoms with Crippen molar-refractivity contribution in [3.8, 4) is 5.75 Å². The van der Waals surface area contributed by atoms with Gasteiger partial charge < -0.3 is 14.2 Å². The summed E-state index contributed by atoms with van der Waals surface area (Å²) in [4.78, 5) is 23.2. The van der Waals surface area contributed by atoms with Crippen molar-refractivity contribution in [2.45, 2.75) is 26.9 Å². The number of pyridine rings is 1. The van der Waals surface area contributed by atoms with Gasteiger partial charge in [0.05, 0.1) is 24.1 Å². The van der Waals surface area contributed by atoms with Crippen LogP contribution in [0.4, 0.5) is 0 Å². The molecule has 0 radical (unpaired) electrons. The molecule has 1 amide bonds. The average molecular weight is 415 g/mol. The molecule has 4 rings (SSSR count). The fourth-order valence-electron chi connectivity index (χ4n) is 3.76. The molecule has 31 heavy (non-hydrogen) atoms. The highest BCUT2D eigenvalue weighted by Crippen LogP contribution is 2.23. The number of hydrogen-bond acceptors (Lipinski definition) is 4. The number of nitrogens with zero attached hydrogens (tertiary/aromatic N) is 4. The van der Waals surface area contributed by atoms with Gasteiger partial charge in [0.25, 0.3) is 5.91 Å². The van der Waals surface area contributed by atoms with Gasteiger partial charge in [0.1, 0.15) is 18.2 Å². The third-order valence-corrected chi connectivity index (χ3v) is 5.36. The Hall–Kier alpha value is -3.67. The fourth-order valence-corrected chi connectivity index (χ4v) is 3.76. The van der Waals surface area contributed by atoms with Crippen molar-refractivity contribution in [3.63, 3.8) is 0 Å². The lowest BCUT2D eigenvalue weighted by Crippen LogP contribution is -2.28. The number of aryl methyl sites for hydroxylation is 2. The fraction of sp³-hybridized carbons (Fsp3) is 0.240. The van der Waals surface area contributed by atoms with Crippen LogP contribution in [0, 0.1) is 13.8 Å². The Morgan fingerprint density at radius 1 is 1.00 bits per heavy atom. The molecular weight excluding hydrogens is 388 g/mol. The summed E-state index contributed by atoms with van der Waals surface area (Å²) in [6.07, 6.45) is 3.25. The van der Waals surface area contributed by atoms with Gasteiger partial charge in [0.15, 0.2) is 0 Å². The first-order valence-electron chi connectivity index (χ1n) is 10.3. The van der Waals surface area contributed by atoms with Crippen LogP contribution in [0.2, 0.25) is 0 Å². The van der Waals surface area contributed by atoms with Crippen molar-refractivity contribution in [3.05, 3.63) is 89.5 Å². The van der Waals surface area contributed by atoms with Crippen LogP contribution in [0.15, 0.2) is 67.0 Å². The highest BCUT2D eigenvalue weighted by molar-refractivity contribution is 5.93. The van der Waals surface area contributed by atoms with Gasteiger partial charge in [0, 0.05) is 25.0 Å². The van der Waals surface area contributed by atoms with E-state index in [9.17, 15) is 4.79 Å². The normalized spacial score (nSPS) is 10.9. The molecule has 2 aromatic carbocycles. The third-order valence-electron chi connectivity index (χ3n) is 5.36. The number of imidazole rings is 1. The average Bonchev–Trinajstić information content (AvgIpc) is 3.12. The predicted octanol–water partition coefficient (Wildman–Crippen LogP) is 4.40. The van der Waals surface area contributed by atoms with Crippen LogP contribution in [0.5, 0.6) is 5.75 Å². The number of para-hydroxylation sites is 3. The van der Waals surface area contributed by atoms with Crippen molar-refractivity contribution in [1.82, 2.24) is 19.4 Å². The number of rotatable bonds is 7. The highest BCUT2D eigenvalue weighted by atomic mass is 16.5. The predicted molar refractivity (Wildman–Crippen MR) is 121 cm³/mol. The van der Waals surface area contributed by atoms with Gasteiger partial charge >= 0.3 is 0 Å². The number of carbonyl (C=O) groups excluding carboxylic acids is 1. The number of benzene rings is 2. The van der Waals surface area contributed by atoms with Crippen molar-refractivity contribution < 1.29 is 9.53 Å². The Morgan fingerprint density at radius 3 is 2.45 bits per heavy atom. The van der Waals surface area contributed by atoms with E-state index in [4.69, 9.17) is 9.72 Å². The molecule has 0 aliphatic carbocycles. The first-order valence-corrected chi connectivity index (χ1v) is 10.3. The summed E-state index contributed by atoms with van der Waals surface area (Å²) in [7, 11) is 1.79. The van der Waals surface area contributed by atoms with E-state index >= 15 is 0 Å². The van der Waals surface area contributed by atoms with Crippen LogP contribution in [-0.4, -0.2) is 39.0 Å². The molecule has 2 aromatic heterocycles. The monoisotopic (exact) mass is 414 g/mol. The molecule has 0 aliphatic heterocycles. The molecule has 6 heteroatoms. The largest absolute Gasteiger partial charge is 0.491 e. The van der Waals surface area contributed by atoms with Crippen molar-refractivity contribution >= 4 is 16.9 Å². The zero-order chi connectivity index (χ0) is 21.8. The van der Waals surface area contributed by atoms with Gasteiger partial charge in [-0.3, -0.25) is 9.78 Å². The van der Waals surface area contributed by atoms with Gasteiger partial charge in [-0.05, 0) is 49.2 Å². The van der Waals surface area contributed by atoms with Crippen molar-refractivity contribution in [2.24, 2.45) is 0 Å². The van der Waals surface area contributed by atoms with Crippen LogP contribution in [0.3, 0.4) is 0 Å². The number of amides is 1. The molecule has 0 saturated carbocycles. The van der Waals surface area contributed by atoms with E-state index in [1.807, 2.05) is 24.3 Å². The maximum Gasteiger partial charge on any atom is 0.254 e. The molecule has 0 spiro atoms. The van der Waals surface area contributed by atoms with Crippen LogP contribution in [-0.2, 0) is 13.1 Å². The van der Waals surface area contributed by atoms with Gasteiger partial charge in [-0.15, -0.1) is 0 Å². The summed E-state index contributed by atoms with van der Waals surface area (Å²) in [6, 6.07) is 17.6. The lowest BCUT2D eigenvalue weighted by atomic mass is 10.1. The molecular formula is C25H26N4O2. The topological polar surface area (TPSA) is 60.2 Å². The first kappa shape index (κ1) is 20.6. The molecule has 6 nitrogen and oxygen atoms in total. The third kappa shape index (κ3) is 4.43. The second-order valence-electron chi connectivity index (χ2n) is 7.63. The zero-order valence-corrected chi connectivity index (χ0v) is 18.1. The molecule has 0 fully saturated rings. The molecule has 0 unspecified atom stereocenters. The minimum absolute atomic E-state index is 0.0622. The molecule has 0 aliphatic rings. The van der Waals surface area contributed by atoms with E-state index < -0.39 is 0 Å². The highest BCUT2D eigenvalue weighted by Gasteiger charge is 2.17. The Bertz CT molecular complexity index is 1180. The Labute approximate surface area is 182 Å². The van der Waals surface area contributed by atoms with Gasteiger partial charge in [0.2, 0.25) is 0 Å². The van der Waals surface area contributed by atoms with E-state index in [0.717, 1.165) is 33.7 Å². The number of hydrogen-bond donors (Lipinski definition) is 0. The Morgan fingerprint density at radius 2 is 1.71 bits per heavy atom. The zero-order valence-electron chi connectivity index (χ0n) is 18.1. The van der Waals surface area contributed by atoms with Crippen molar-refractivity contribution in [1.29, 1.82) is 0 Å². The Kier molecular flexibility index (Phi) is 5.98. The van der Waals surface area contributed by atoms with Crippen LogP contribution >= 0.6 is 0 Å². The van der Waals surface area contributed by atoms with E-state index in [0.29, 0.717) is 25.3 Å². The van der Waals surface area contributed by atoms with Crippen molar-refractivity contribution in [2.75, 3.05) is 13.7 Å². The minimum atomic E-state index is -0.0622. The lowest BCUT2D eigenvalue weighted by Gasteiger charge is -2.18. The quantitative estimate of drug-likeness (QED) is 0.450. The summed E-state index contributed by atoms with van der Waals surface area (Å²) >= 11 is 0. The molecule has 0 atom stereocenters. The molecule has 0 saturated heterocycles. The molecule has 4 aromatic rings. The van der Waals surface area contributed by atoms with Gasteiger partial charge in [-0.1, -0.05) is 30.3 Å². The van der Waals surface area contributed by atoms with E-state index in [-0.39, 0.29) is 5.91 Å². The smallest absolute Gasteiger partial charge is 0.254 e. The minimum Gasteiger partial charge on any atom is -0.491 e. The number of carbonyl (C=O) groups is 1. The molecule has 0 N–H and O–H groups in total. The molecule has 2 heterocycles. The Balaban J connectivity index is 1.55. The number of fused-ring (bicyclic) bond motifs is 1. The first-order chi connectivity index (χ1) is 15.0. The van der Waals surface area contributed by atoms with E-state index in [1.165, 1.54) is 0 Å². The van der Waals surface area contributed by atoms with Crippen LogP contribution in [0.1, 0.15) is 27.3 Å². The van der Waals surface area contributed by atoms with Gasteiger partial charge in [-0.25, -0.2) is 4.98 Å². The summed E-state index contributed by atoms with van der Waals surface area (Å²) in [5.74, 6) is 1.70. The maximum atomic E-state index is 12.8. The lowest BCUT2D eigenvalue weighted by molar-refractivity contribution is 0.0780. The second kappa shape index (κ2) is 9.00. The van der Waals surface area contributed by atoms with Crippen LogP contribution in [0.25, 0.3) is 11.0 Å². The van der Waals surface area contributed by atoms with E-state index in [2.05, 4.69) is 41.6 Å². The van der Waals surface area contributed by atoms with Gasteiger partial charge in [-0.2, -0.15) is 0 Å². The molecule has 0 bridgehead atoms. The number of aromatic nitrogens is 3.